The van der Waals surface area contributed by atoms with Crippen LogP contribution in [0.1, 0.15) is 104 Å². The lowest BCUT2D eigenvalue weighted by Crippen LogP contribution is -2.33. The Morgan fingerprint density at radius 3 is 2.42 bits per heavy atom. The third-order valence-electron chi connectivity index (χ3n) is 5.56. The summed E-state index contributed by atoms with van der Waals surface area (Å²) in [6, 6.07) is 0.121. The van der Waals surface area contributed by atoms with Crippen LogP contribution in [-0.2, 0) is 4.79 Å². The number of aromatic nitrogens is 2. The number of aryl methyl sites for hydroxylation is 1. The molecule has 6 heteroatoms. The number of amides is 1. The Morgan fingerprint density at radius 2 is 2.03 bits per heavy atom. The highest BCUT2D eigenvalue weighted by atomic mass is 16.1. The second kappa shape index (κ2) is 16.7. The van der Waals surface area contributed by atoms with Gasteiger partial charge in [0.2, 0.25) is 5.91 Å². The van der Waals surface area contributed by atoms with Crippen molar-refractivity contribution in [1.82, 2.24) is 15.3 Å². The van der Waals surface area contributed by atoms with E-state index in [0.29, 0.717) is 11.6 Å². The number of carbonyl (C=O) groups is 1. The van der Waals surface area contributed by atoms with E-state index in [-0.39, 0.29) is 11.9 Å². The Morgan fingerprint density at radius 1 is 1.35 bits per heavy atom. The van der Waals surface area contributed by atoms with Crippen molar-refractivity contribution in [2.24, 2.45) is 17.6 Å². The molecule has 0 aliphatic carbocycles. The van der Waals surface area contributed by atoms with Gasteiger partial charge in [-0.2, -0.15) is 0 Å². The number of aromatic amines is 1. The molecule has 6 nitrogen and oxygen atoms in total. The molecule has 1 amide bonds. The van der Waals surface area contributed by atoms with Crippen LogP contribution in [0.5, 0.6) is 0 Å². The van der Waals surface area contributed by atoms with E-state index in [2.05, 4.69) is 43.0 Å². The maximum atomic E-state index is 10.5. The van der Waals surface area contributed by atoms with Crippen molar-refractivity contribution in [2.45, 2.75) is 99.5 Å². The van der Waals surface area contributed by atoms with Gasteiger partial charge >= 0.3 is 0 Å². The van der Waals surface area contributed by atoms with Crippen molar-refractivity contribution in [2.75, 3.05) is 6.54 Å². The third kappa shape index (κ3) is 15.5. The Bertz CT molecular complexity index is 655. The molecule has 3 atom stereocenters. The summed E-state index contributed by atoms with van der Waals surface area (Å²) < 4.78 is 0. The highest BCUT2D eigenvalue weighted by molar-refractivity contribution is 5.90. The lowest BCUT2D eigenvalue weighted by Gasteiger charge is -2.17. The number of carbonyl (C=O) groups excluding carboxylic acids is 1. The molecule has 1 fully saturated rings. The van der Waals surface area contributed by atoms with Crippen LogP contribution >= 0.6 is 0 Å². The summed E-state index contributed by atoms with van der Waals surface area (Å²) >= 11 is 0. The molecule has 31 heavy (non-hydrogen) atoms. The van der Waals surface area contributed by atoms with Crippen LogP contribution in [0.15, 0.2) is 17.8 Å². The molecule has 2 heterocycles. The lowest BCUT2D eigenvalue weighted by atomic mass is 9.99. The Labute approximate surface area is 190 Å². The molecule has 1 aromatic rings. The molecule has 0 bridgehead atoms. The average molecular weight is 434 g/mol. The molecule has 1 saturated heterocycles. The van der Waals surface area contributed by atoms with Gasteiger partial charge in [-0.15, -0.1) is 0 Å². The van der Waals surface area contributed by atoms with Crippen molar-refractivity contribution in [3.8, 4) is 0 Å². The number of nitrogens with two attached hydrogens (primary N) is 1. The van der Waals surface area contributed by atoms with Crippen molar-refractivity contribution in [3.05, 3.63) is 29.4 Å². The Kier molecular flexibility index (Phi) is 15.7. The number of nitrogens with one attached hydrogen (secondary N) is 3. The van der Waals surface area contributed by atoms with Crippen molar-refractivity contribution < 1.29 is 4.79 Å². The zero-order valence-electron chi connectivity index (χ0n) is 21.0. The van der Waals surface area contributed by atoms with Crippen LogP contribution in [0.3, 0.4) is 0 Å². The van der Waals surface area contributed by atoms with E-state index >= 15 is 0 Å². The number of allylic oxidation sites excluding steroid dienone is 2. The summed E-state index contributed by atoms with van der Waals surface area (Å²) in [5, 5.41) is 9.84. The summed E-state index contributed by atoms with van der Waals surface area (Å²) in [5.41, 5.74) is 9.05. The fourth-order valence-corrected chi connectivity index (χ4v) is 3.00. The minimum absolute atomic E-state index is 0.121. The van der Waals surface area contributed by atoms with Gasteiger partial charge in [0.25, 0.3) is 0 Å². The quantitative estimate of drug-likeness (QED) is 0.386. The standard InChI is InChI=1S/C12H23N3.C7H13N.C6H11NO/c1-4-9(2)6-5-7-11(13)12-8-14-10(3)15-12;1-4-6(2)5-7(3)8;1-5-2-3-6(8)7-4-5/h8-9,11H,4-7,13H2,1-3H3,(H,14,15);5,8H,4H2,1-3H3;5H,2-4H2,1H3,(H,7,8). The van der Waals surface area contributed by atoms with Gasteiger partial charge < -0.3 is 21.4 Å². The minimum atomic E-state index is 0.121. The molecular weight excluding hydrogens is 386 g/mol. The molecule has 1 aromatic heterocycles. The summed E-state index contributed by atoms with van der Waals surface area (Å²) in [4.78, 5) is 17.9. The number of nitrogens with zero attached hydrogens (tertiary/aromatic N) is 1. The average Bonchev–Trinajstić information content (AvgIpc) is 3.17. The zero-order chi connectivity index (χ0) is 23.8. The van der Waals surface area contributed by atoms with E-state index in [1.807, 2.05) is 26.1 Å². The molecule has 1 aliphatic rings. The molecule has 2 rings (SSSR count). The van der Waals surface area contributed by atoms with E-state index in [9.17, 15) is 4.79 Å². The molecule has 178 valence electrons. The lowest BCUT2D eigenvalue weighted by molar-refractivity contribution is -0.122. The Balaban J connectivity index is 0.000000477. The van der Waals surface area contributed by atoms with Gasteiger partial charge in [-0.25, -0.2) is 4.98 Å². The first-order valence-electron chi connectivity index (χ1n) is 11.8. The monoisotopic (exact) mass is 433 g/mol. The van der Waals surface area contributed by atoms with E-state index < -0.39 is 0 Å². The number of H-pyrrole nitrogens is 1. The van der Waals surface area contributed by atoms with Crippen LogP contribution in [0, 0.1) is 24.2 Å². The number of piperidine rings is 1. The van der Waals surface area contributed by atoms with Gasteiger partial charge in [-0.3, -0.25) is 4.79 Å². The third-order valence-corrected chi connectivity index (χ3v) is 5.56. The maximum Gasteiger partial charge on any atom is 0.220 e. The summed E-state index contributed by atoms with van der Waals surface area (Å²) in [7, 11) is 0. The van der Waals surface area contributed by atoms with Gasteiger partial charge in [0.15, 0.2) is 0 Å². The number of hydrogen-bond acceptors (Lipinski definition) is 4. The van der Waals surface area contributed by atoms with E-state index in [1.54, 1.807) is 6.92 Å². The first-order chi connectivity index (χ1) is 14.6. The van der Waals surface area contributed by atoms with Crippen molar-refractivity contribution >= 4 is 11.6 Å². The predicted molar refractivity (Wildman–Crippen MR) is 132 cm³/mol. The summed E-state index contributed by atoms with van der Waals surface area (Å²) in [6.45, 7) is 15.4. The molecule has 1 aliphatic heterocycles. The van der Waals surface area contributed by atoms with E-state index in [0.717, 1.165) is 49.7 Å². The Hall–Kier alpha value is -1.95. The molecule has 0 aromatic carbocycles. The molecule has 0 saturated carbocycles. The zero-order valence-corrected chi connectivity index (χ0v) is 21.0. The fraction of sp³-hybridized carbons (Fsp3) is 0.720. The van der Waals surface area contributed by atoms with Gasteiger partial charge in [0, 0.05) is 30.9 Å². The first kappa shape index (κ1) is 29.1. The normalized spacial score (nSPS) is 18.0. The smallest absolute Gasteiger partial charge is 0.220 e. The van der Waals surface area contributed by atoms with Crippen LogP contribution in [-0.4, -0.2) is 28.1 Å². The topological polar surface area (TPSA) is 108 Å². The van der Waals surface area contributed by atoms with Crippen LogP contribution in [0.25, 0.3) is 0 Å². The highest BCUT2D eigenvalue weighted by Gasteiger charge is 2.12. The van der Waals surface area contributed by atoms with E-state index in [4.69, 9.17) is 11.1 Å². The van der Waals surface area contributed by atoms with Gasteiger partial charge in [-0.05, 0) is 57.9 Å². The molecule has 5 N–H and O–H groups in total. The number of hydrogen-bond donors (Lipinski definition) is 4. The van der Waals surface area contributed by atoms with Gasteiger partial charge in [-0.1, -0.05) is 52.5 Å². The molecule has 0 spiro atoms. The van der Waals surface area contributed by atoms with Crippen LogP contribution < -0.4 is 11.1 Å². The maximum absolute atomic E-state index is 10.5. The van der Waals surface area contributed by atoms with Crippen molar-refractivity contribution in [3.63, 3.8) is 0 Å². The number of rotatable bonds is 8. The minimum Gasteiger partial charge on any atom is -0.356 e. The molecule has 3 unspecified atom stereocenters. The largest absolute Gasteiger partial charge is 0.356 e. The van der Waals surface area contributed by atoms with Crippen LogP contribution in [0.2, 0.25) is 0 Å². The second-order valence-corrected chi connectivity index (χ2v) is 8.95. The number of imidazole rings is 1. The molecule has 0 radical (unpaired) electrons. The highest BCUT2D eigenvalue weighted by Crippen LogP contribution is 2.18. The predicted octanol–water partition coefficient (Wildman–Crippen LogP) is 5.85. The van der Waals surface area contributed by atoms with Gasteiger partial charge in [0.1, 0.15) is 5.82 Å². The van der Waals surface area contributed by atoms with Crippen LogP contribution in [0.4, 0.5) is 0 Å². The fourth-order valence-electron chi connectivity index (χ4n) is 3.00. The second-order valence-electron chi connectivity index (χ2n) is 8.95. The first-order valence-corrected chi connectivity index (χ1v) is 11.8. The van der Waals surface area contributed by atoms with Gasteiger partial charge in [0.05, 0.1) is 5.69 Å². The van der Waals surface area contributed by atoms with E-state index in [1.165, 1.54) is 24.8 Å². The summed E-state index contributed by atoms with van der Waals surface area (Å²) in [6.07, 6.45) is 11.4. The molecular formula is C25H47N5O. The van der Waals surface area contributed by atoms with Crippen molar-refractivity contribution in [1.29, 1.82) is 5.41 Å². The SMILES string of the molecule is CC1CCC(=O)NC1.CCC(C)=CC(C)=N.CCC(C)CCCC(N)c1cnc(C)[nH]1. The summed E-state index contributed by atoms with van der Waals surface area (Å²) in [5.74, 6) is 2.67.